The molecule has 0 amide bonds. The van der Waals surface area contributed by atoms with Gasteiger partial charge in [-0.3, -0.25) is 14.9 Å². The number of benzene rings is 4. The van der Waals surface area contributed by atoms with Crippen LogP contribution in [0.4, 0.5) is 5.69 Å². The van der Waals surface area contributed by atoms with Crippen molar-refractivity contribution in [2.45, 2.75) is 0 Å². The molecule has 0 N–H and O–H groups in total. The molecule has 0 bridgehead atoms. The molecule has 9 nitrogen and oxygen atoms in total. The Balaban J connectivity index is 1.61. The third-order valence-electron chi connectivity index (χ3n) is 5.78. The Hall–Kier alpha value is -3.90. The highest BCUT2D eigenvalue weighted by atomic mass is 79.9. The quantitative estimate of drug-likeness (QED) is 0.0580. The van der Waals surface area contributed by atoms with Crippen molar-refractivity contribution in [2.24, 2.45) is 5.10 Å². The molecule has 0 spiro atoms. The number of non-ortho nitro benzene ring substituents is 1. The summed E-state index contributed by atoms with van der Waals surface area (Å²) in [4.78, 5) is 41.5. The summed E-state index contributed by atoms with van der Waals surface area (Å²) < 4.78 is 7.79. The van der Waals surface area contributed by atoms with Crippen molar-refractivity contribution in [1.82, 2.24) is 9.66 Å². The van der Waals surface area contributed by atoms with Gasteiger partial charge in [-0.25, -0.2) is 9.78 Å². The lowest BCUT2D eigenvalue weighted by molar-refractivity contribution is -0.384. The van der Waals surface area contributed by atoms with Gasteiger partial charge in [-0.15, -0.1) is 0 Å². The summed E-state index contributed by atoms with van der Waals surface area (Å²) in [6.45, 7) is 0. The third-order valence-corrected chi connectivity index (χ3v) is 7.38. The van der Waals surface area contributed by atoms with Crippen molar-refractivity contribution in [3.8, 4) is 17.1 Å². The summed E-state index contributed by atoms with van der Waals surface area (Å²) >= 11 is 19.4. The molecule has 0 saturated heterocycles. The molecule has 0 fully saturated rings. The summed E-state index contributed by atoms with van der Waals surface area (Å²) in [6.07, 6.45) is 1.35. The first kappa shape index (κ1) is 28.6. The zero-order valence-electron chi connectivity index (χ0n) is 20.4. The number of nitrogens with zero attached hydrogens (tertiary/aromatic N) is 4. The minimum absolute atomic E-state index is 0.0999. The number of aromatic nitrogens is 2. The average molecular weight is 717 g/mol. The Labute approximate surface area is 258 Å². The van der Waals surface area contributed by atoms with Gasteiger partial charge in [0.05, 0.1) is 37.1 Å². The van der Waals surface area contributed by atoms with Crippen LogP contribution in [-0.4, -0.2) is 26.8 Å². The Morgan fingerprint density at radius 1 is 1.02 bits per heavy atom. The van der Waals surface area contributed by atoms with E-state index in [9.17, 15) is 19.7 Å². The normalized spacial score (nSPS) is 11.2. The van der Waals surface area contributed by atoms with Crippen molar-refractivity contribution < 1.29 is 14.5 Å². The Bertz CT molecular complexity index is 1950. The maximum atomic E-state index is 13.6. The molecule has 0 aliphatic heterocycles. The van der Waals surface area contributed by atoms with Crippen LogP contribution in [0.15, 0.2) is 97.7 Å². The van der Waals surface area contributed by atoms with Gasteiger partial charge < -0.3 is 4.74 Å². The van der Waals surface area contributed by atoms with Gasteiger partial charge in [-0.2, -0.15) is 9.78 Å². The Morgan fingerprint density at radius 3 is 2.46 bits per heavy atom. The molecular weight excluding hydrogens is 703 g/mol. The van der Waals surface area contributed by atoms with Gasteiger partial charge in [0.25, 0.3) is 11.2 Å². The van der Waals surface area contributed by atoms with Gasteiger partial charge in [0.1, 0.15) is 0 Å². The number of nitro benzene ring substituents is 1. The zero-order valence-corrected chi connectivity index (χ0v) is 25.1. The lowest BCUT2D eigenvalue weighted by atomic mass is 10.2. The Kier molecular flexibility index (Phi) is 8.32. The molecule has 1 aromatic heterocycles. The van der Waals surface area contributed by atoms with Crippen LogP contribution < -0.4 is 10.3 Å². The molecule has 1 heterocycles. The number of fused-ring (bicyclic) bond motifs is 1. The van der Waals surface area contributed by atoms with Crippen molar-refractivity contribution in [3.63, 3.8) is 0 Å². The van der Waals surface area contributed by atoms with Crippen LogP contribution >= 0.6 is 55.1 Å². The third kappa shape index (κ3) is 6.08. The molecule has 0 unspecified atom stereocenters. The van der Waals surface area contributed by atoms with Gasteiger partial charge >= 0.3 is 5.97 Å². The highest BCUT2D eigenvalue weighted by Crippen LogP contribution is 2.34. The maximum Gasteiger partial charge on any atom is 0.343 e. The first-order valence-electron chi connectivity index (χ1n) is 11.6. The van der Waals surface area contributed by atoms with E-state index in [0.717, 1.165) is 4.68 Å². The fourth-order valence-electron chi connectivity index (χ4n) is 3.85. The van der Waals surface area contributed by atoms with Crippen LogP contribution in [0.25, 0.3) is 22.3 Å². The predicted octanol–water partition coefficient (Wildman–Crippen LogP) is 7.90. The average Bonchev–Trinajstić information content (AvgIpc) is 2.94. The predicted molar refractivity (Wildman–Crippen MR) is 164 cm³/mol. The minimum atomic E-state index is -0.754. The molecule has 5 aromatic rings. The second kappa shape index (κ2) is 11.9. The first-order valence-corrected chi connectivity index (χ1v) is 13.9. The van der Waals surface area contributed by atoms with E-state index in [0.29, 0.717) is 36.0 Å². The van der Waals surface area contributed by atoms with Crippen molar-refractivity contribution in [3.05, 3.63) is 129 Å². The number of para-hydroxylation sites is 1. The van der Waals surface area contributed by atoms with Gasteiger partial charge in [-0.05, 0) is 70.5 Å². The zero-order chi connectivity index (χ0) is 29.3. The number of rotatable bonds is 6. The lowest BCUT2D eigenvalue weighted by Gasteiger charge is -2.12. The molecule has 0 radical (unpaired) electrons. The van der Waals surface area contributed by atoms with E-state index in [1.807, 2.05) is 0 Å². The summed E-state index contributed by atoms with van der Waals surface area (Å²) in [5, 5.41) is 16.4. The number of carbonyl (C=O) groups is 1. The highest BCUT2D eigenvalue weighted by molar-refractivity contribution is 9.11. The van der Waals surface area contributed by atoms with Crippen LogP contribution in [-0.2, 0) is 0 Å². The van der Waals surface area contributed by atoms with E-state index in [4.69, 9.17) is 27.9 Å². The lowest BCUT2D eigenvalue weighted by Crippen LogP contribution is -2.20. The molecule has 0 aliphatic rings. The van der Waals surface area contributed by atoms with E-state index in [1.54, 1.807) is 48.5 Å². The van der Waals surface area contributed by atoms with Crippen LogP contribution in [0, 0.1) is 10.1 Å². The fraction of sp³-hybridized carbons (Fsp3) is 0. The monoisotopic (exact) mass is 714 g/mol. The maximum absolute atomic E-state index is 13.6. The molecule has 0 aliphatic carbocycles. The number of esters is 1. The molecule has 5 rings (SSSR count). The van der Waals surface area contributed by atoms with Crippen LogP contribution in [0.5, 0.6) is 5.75 Å². The van der Waals surface area contributed by atoms with E-state index >= 15 is 0 Å². The van der Waals surface area contributed by atoms with Crippen LogP contribution in [0.2, 0.25) is 10.0 Å². The first-order chi connectivity index (χ1) is 19.6. The van der Waals surface area contributed by atoms with Gasteiger partial charge in [0, 0.05) is 32.8 Å². The van der Waals surface area contributed by atoms with Crippen LogP contribution in [0.1, 0.15) is 15.9 Å². The van der Waals surface area contributed by atoms with Crippen molar-refractivity contribution in [2.75, 3.05) is 0 Å². The van der Waals surface area contributed by atoms with E-state index in [1.165, 1.54) is 36.5 Å². The standard InChI is InChI=1S/C28H14Br2Cl2N4O5/c29-17-11-16(25(22(30)12-17)41-28(38)15-5-8-19(9-6-15)36(39)40)14-33-35-26(20-10-7-18(31)13-23(20)32)34-24-4-2-1-3-21(24)27(35)37/h1-14H. The largest absolute Gasteiger partial charge is 0.421 e. The van der Waals surface area contributed by atoms with E-state index < -0.39 is 16.5 Å². The summed E-state index contributed by atoms with van der Waals surface area (Å²) in [6, 6.07) is 19.9. The van der Waals surface area contributed by atoms with Crippen molar-refractivity contribution in [1.29, 1.82) is 0 Å². The second-order valence-corrected chi connectivity index (χ2v) is 11.1. The van der Waals surface area contributed by atoms with Gasteiger partial charge in [0.15, 0.2) is 11.6 Å². The topological polar surface area (TPSA) is 117 Å². The summed E-state index contributed by atoms with van der Waals surface area (Å²) in [5.74, 6) is -0.478. The van der Waals surface area contributed by atoms with Gasteiger partial charge in [0.2, 0.25) is 0 Å². The number of carbonyl (C=O) groups excluding carboxylic acids is 1. The molecule has 0 saturated carbocycles. The molecule has 13 heteroatoms. The molecule has 41 heavy (non-hydrogen) atoms. The number of ether oxygens (including phenoxy) is 1. The van der Waals surface area contributed by atoms with E-state index in [-0.39, 0.29) is 27.8 Å². The number of nitro groups is 1. The number of hydrogen-bond acceptors (Lipinski definition) is 7. The molecular formula is C28H14Br2Cl2N4O5. The number of hydrogen-bond donors (Lipinski definition) is 0. The second-order valence-electron chi connectivity index (χ2n) is 8.44. The summed E-state index contributed by atoms with van der Waals surface area (Å²) in [7, 11) is 0. The SMILES string of the molecule is O=C(Oc1c(Br)cc(Br)cc1C=Nn1c(-c2ccc(Cl)cc2Cl)nc2ccccc2c1=O)c1ccc([N+](=O)[O-])cc1. The number of halogens is 4. The van der Waals surface area contributed by atoms with E-state index in [2.05, 4.69) is 41.9 Å². The van der Waals surface area contributed by atoms with Crippen molar-refractivity contribution >= 4 is 83.8 Å². The Morgan fingerprint density at radius 2 is 1.76 bits per heavy atom. The molecule has 4 aromatic carbocycles. The minimum Gasteiger partial charge on any atom is -0.421 e. The molecule has 204 valence electrons. The van der Waals surface area contributed by atoms with Gasteiger partial charge in [-0.1, -0.05) is 51.3 Å². The summed E-state index contributed by atoms with van der Waals surface area (Å²) in [5.41, 5.74) is 0.693. The highest BCUT2D eigenvalue weighted by Gasteiger charge is 2.18. The smallest absolute Gasteiger partial charge is 0.343 e. The van der Waals surface area contributed by atoms with Crippen LogP contribution in [0.3, 0.4) is 0 Å². The molecule has 0 atom stereocenters. The fourth-order valence-corrected chi connectivity index (χ4v) is 5.68.